The number of hydrogen-bond acceptors (Lipinski definition) is 3. The van der Waals surface area contributed by atoms with Crippen LogP contribution in [0, 0.1) is 11.3 Å². The van der Waals surface area contributed by atoms with Crippen molar-refractivity contribution < 1.29 is 4.79 Å². The van der Waals surface area contributed by atoms with Crippen LogP contribution in [-0.2, 0) is 0 Å². The first-order chi connectivity index (χ1) is 11.9. The molecular formula is C22H34N2O. The number of rotatable bonds is 4. The van der Waals surface area contributed by atoms with Gasteiger partial charge in [0.05, 0.1) is 0 Å². The highest BCUT2D eigenvalue weighted by atomic mass is 16.1. The topological polar surface area (TPSA) is 32.3 Å². The summed E-state index contributed by atoms with van der Waals surface area (Å²) in [5.41, 5.74) is 1.95. The van der Waals surface area contributed by atoms with Gasteiger partial charge >= 0.3 is 0 Å². The van der Waals surface area contributed by atoms with Gasteiger partial charge in [-0.1, -0.05) is 45.0 Å². The predicted molar refractivity (Wildman–Crippen MR) is 104 cm³/mol. The van der Waals surface area contributed by atoms with E-state index in [1.165, 1.54) is 64.0 Å². The van der Waals surface area contributed by atoms with Crippen molar-refractivity contribution in [3.05, 3.63) is 35.4 Å². The molecule has 0 bridgehead atoms. The minimum absolute atomic E-state index is 0.231. The van der Waals surface area contributed by atoms with Gasteiger partial charge in [0.2, 0.25) is 0 Å². The lowest BCUT2D eigenvalue weighted by Gasteiger charge is -2.35. The van der Waals surface area contributed by atoms with Gasteiger partial charge in [0.15, 0.2) is 5.78 Å². The van der Waals surface area contributed by atoms with Crippen molar-refractivity contribution in [3.8, 4) is 0 Å². The minimum Gasteiger partial charge on any atom is -0.316 e. The van der Waals surface area contributed by atoms with Crippen molar-refractivity contribution in [2.24, 2.45) is 11.3 Å². The summed E-state index contributed by atoms with van der Waals surface area (Å²) in [4.78, 5) is 15.0. The fourth-order valence-corrected chi connectivity index (χ4v) is 4.23. The molecule has 0 aromatic heterocycles. The summed E-state index contributed by atoms with van der Waals surface area (Å²) in [6.07, 6.45) is 5.20. The Balaban J connectivity index is 1.51. The number of hydrogen-bond donors (Lipinski definition) is 1. The Morgan fingerprint density at radius 1 is 1.12 bits per heavy atom. The average Bonchev–Trinajstić information content (AvgIpc) is 2.62. The molecule has 0 aliphatic carbocycles. The SMILES string of the molecule is CC(C)(C)C(=O)c1ccc(C2CCN(CC3CCCNC3)CC2)cc1. The fourth-order valence-electron chi connectivity index (χ4n) is 4.23. The van der Waals surface area contributed by atoms with Crippen molar-refractivity contribution in [2.75, 3.05) is 32.7 Å². The Bertz CT molecular complexity index is 559. The molecule has 1 atom stereocenters. The molecule has 1 N–H and O–H groups in total. The third-order valence-corrected chi connectivity index (χ3v) is 5.83. The van der Waals surface area contributed by atoms with E-state index in [4.69, 9.17) is 0 Å². The molecule has 2 aliphatic rings. The molecule has 2 saturated heterocycles. The molecular weight excluding hydrogens is 308 g/mol. The standard InChI is InChI=1S/C22H34N2O/c1-22(2,3)21(25)20-8-6-18(7-9-20)19-10-13-24(14-11-19)16-17-5-4-12-23-15-17/h6-9,17,19,23H,4-5,10-16H2,1-3H3. The molecule has 2 aliphatic heterocycles. The molecule has 2 heterocycles. The van der Waals surface area contributed by atoms with E-state index in [1.54, 1.807) is 0 Å². The third-order valence-electron chi connectivity index (χ3n) is 5.83. The Morgan fingerprint density at radius 3 is 2.36 bits per heavy atom. The van der Waals surface area contributed by atoms with Crippen LogP contribution in [0.25, 0.3) is 0 Å². The van der Waals surface area contributed by atoms with Crippen LogP contribution in [0.1, 0.15) is 68.3 Å². The first kappa shape index (κ1) is 18.6. The summed E-state index contributed by atoms with van der Waals surface area (Å²) in [5, 5.41) is 3.53. The van der Waals surface area contributed by atoms with E-state index in [1.807, 2.05) is 32.9 Å². The Hall–Kier alpha value is -1.19. The van der Waals surface area contributed by atoms with Crippen LogP contribution in [-0.4, -0.2) is 43.4 Å². The van der Waals surface area contributed by atoms with E-state index in [0.717, 1.165) is 11.5 Å². The number of benzene rings is 1. The van der Waals surface area contributed by atoms with E-state index >= 15 is 0 Å². The number of nitrogens with zero attached hydrogens (tertiary/aromatic N) is 1. The van der Waals surface area contributed by atoms with Crippen molar-refractivity contribution >= 4 is 5.78 Å². The number of likely N-dealkylation sites (tertiary alicyclic amines) is 1. The van der Waals surface area contributed by atoms with Crippen LogP contribution in [0.15, 0.2) is 24.3 Å². The Kier molecular flexibility index (Phi) is 5.96. The van der Waals surface area contributed by atoms with Gasteiger partial charge in [-0.15, -0.1) is 0 Å². The molecule has 2 fully saturated rings. The van der Waals surface area contributed by atoms with Gasteiger partial charge in [-0.05, 0) is 69.3 Å². The van der Waals surface area contributed by atoms with Crippen LogP contribution in [0.4, 0.5) is 0 Å². The summed E-state index contributed by atoms with van der Waals surface area (Å²) in [7, 11) is 0. The lowest BCUT2D eigenvalue weighted by Crippen LogP contribution is -2.41. The smallest absolute Gasteiger partial charge is 0.168 e. The average molecular weight is 343 g/mol. The second kappa shape index (κ2) is 8.01. The first-order valence-corrected chi connectivity index (χ1v) is 10.0. The monoisotopic (exact) mass is 342 g/mol. The van der Waals surface area contributed by atoms with Gasteiger partial charge in [0.1, 0.15) is 0 Å². The van der Waals surface area contributed by atoms with Gasteiger partial charge in [-0.2, -0.15) is 0 Å². The number of Topliss-reactive ketones (excluding diaryl/α,β-unsaturated/α-hetero) is 1. The van der Waals surface area contributed by atoms with Crippen molar-refractivity contribution in [1.29, 1.82) is 0 Å². The lowest BCUT2D eigenvalue weighted by atomic mass is 9.84. The molecule has 0 saturated carbocycles. The quantitative estimate of drug-likeness (QED) is 0.836. The molecule has 1 aromatic rings. The van der Waals surface area contributed by atoms with E-state index in [-0.39, 0.29) is 11.2 Å². The molecule has 3 nitrogen and oxygen atoms in total. The van der Waals surface area contributed by atoms with Crippen LogP contribution in [0.5, 0.6) is 0 Å². The number of piperidine rings is 2. The highest BCUT2D eigenvalue weighted by Gasteiger charge is 2.25. The van der Waals surface area contributed by atoms with Crippen LogP contribution >= 0.6 is 0 Å². The molecule has 0 amide bonds. The van der Waals surface area contributed by atoms with Crippen LogP contribution < -0.4 is 5.32 Å². The fraction of sp³-hybridized carbons (Fsp3) is 0.682. The maximum atomic E-state index is 12.4. The zero-order chi connectivity index (χ0) is 17.9. The molecule has 3 heteroatoms. The van der Waals surface area contributed by atoms with E-state index in [9.17, 15) is 4.79 Å². The summed E-state index contributed by atoms with van der Waals surface area (Å²) in [5.74, 6) is 1.72. The summed E-state index contributed by atoms with van der Waals surface area (Å²) < 4.78 is 0. The van der Waals surface area contributed by atoms with Crippen molar-refractivity contribution in [3.63, 3.8) is 0 Å². The molecule has 25 heavy (non-hydrogen) atoms. The largest absolute Gasteiger partial charge is 0.316 e. The number of ketones is 1. The predicted octanol–water partition coefficient (Wildman–Crippen LogP) is 4.09. The number of carbonyl (C=O) groups is 1. The van der Waals surface area contributed by atoms with Crippen LogP contribution in [0.3, 0.4) is 0 Å². The molecule has 1 aromatic carbocycles. The summed E-state index contributed by atoms with van der Waals surface area (Å²) >= 11 is 0. The zero-order valence-corrected chi connectivity index (χ0v) is 16.2. The third kappa shape index (κ3) is 4.92. The summed E-state index contributed by atoms with van der Waals surface area (Å²) in [6.45, 7) is 12.0. The van der Waals surface area contributed by atoms with E-state index in [2.05, 4.69) is 22.3 Å². The molecule has 138 valence electrons. The number of nitrogens with one attached hydrogen (secondary N) is 1. The maximum absolute atomic E-state index is 12.4. The lowest BCUT2D eigenvalue weighted by molar-refractivity contribution is 0.0858. The Labute approximate surface area is 153 Å². The van der Waals surface area contributed by atoms with Crippen LogP contribution in [0.2, 0.25) is 0 Å². The molecule has 1 unspecified atom stereocenters. The second-order valence-electron chi connectivity index (χ2n) is 8.99. The molecule has 0 radical (unpaired) electrons. The summed E-state index contributed by atoms with van der Waals surface area (Å²) in [6, 6.07) is 8.43. The van der Waals surface area contributed by atoms with E-state index < -0.39 is 0 Å². The van der Waals surface area contributed by atoms with Crippen molar-refractivity contribution in [1.82, 2.24) is 10.2 Å². The highest BCUT2D eigenvalue weighted by molar-refractivity contribution is 5.99. The maximum Gasteiger partial charge on any atom is 0.168 e. The first-order valence-electron chi connectivity index (χ1n) is 10.0. The minimum atomic E-state index is -0.305. The van der Waals surface area contributed by atoms with E-state index in [0.29, 0.717) is 5.92 Å². The highest BCUT2D eigenvalue weighted by Crippen LogP contribution is 2.30. The zero-order valence-electron chi connectivity index (χ0n) is 16.2. The molecule has 0 spiro atoms. The van der Waals surface area contributed by atoms with Gasteiger partial charge in [0, 0.05) is 17.5 Å². The van der Waals surface area contributed by atoms with Gasteiger partial charge < -0.3 is 10.2 Å². The van der Waals surface area contributed by atoms with Crippen molar-refractivity contribution in [2.45, 2.75) is 52.4 Å². The van der Waals surface area contributed by atoms with Gasteiger partial charge in [-0.25, -0.2) is 0 Å². The van der Waals surface area contributed by atoms with Gasteiger partial charge in [-0.3, -0.25) is 4.79 Å². The Morgan fingerprint density at radius 2 is 1.80 bits per heavy atom. The second-order valence-corrected chi connectivity index (χ2v) is 8.99. The molecule has 3 rings (SSSR count). The number of carbonyl (C=O) groups excluding carboxylic acids is 1. The normalized spacial score (nSPS) is 23.6. The van der Waals surface area contributed by atoms with Gasteiger partial charge in [0.25, 0.3) is 0 Å².